The summed E-state index contributed by atoms with van der Waals surface area (Å²) in [5, 5.41) is 5.07. The lowest BCUT2D eigenvalue weighted by atomic mass is 9.74. The van der Waals surface area contributed by atoms with Gasteiger partial charge in [0.15, 0.2) is 0 Å². The van der Waals surface area contributed by atoms with Gasteiger partial charge in [0, 0.05) is 38.7 Å². The van der Waals surface area contributed by atoms with Gasteiger partial charge in [-0.05, 0) is 151 Å². The van der Waals surface area contributed by atoms with Crippen LogP contribution in [0.4, 0.5) is 17.1 Å². The van der Waals surface area contributed by atoms with E-state index in [-0.39, 0.29) is 16.2 Å². The van der Waals surface area contributed by atoms with E-state index in [0.29, 0.717) is 0 Å². The maximum atomic E-state index is 2.55. The number of benzene rings is 8. The molecule has 2 nitrogen and oxygen atoms in total. The van der Waals surface area contributed by atoms with Crippen molar-refractivity contribution in [2.24, 2.45) is 0 Å². The van der Waals surface area contributed by atoms with Gasteiger partial charge in [-0.1, -0.05) is 157 Å². The van der Waals surface area contributed by atoms with Crippen molar-refractivity contribution in [1.82, 2.24) is 4.57 Å². The molecule has 2 heterocycles. The molecule has 8 aromatic carbocycles. The van der Waals surface area contributed by atoms with E-state index in [9.17, 15) is 0 Å². The Morgan fingerprint density at radius 3 is 2.02 bits per heavy atom. The lowest BCUT2D eigenvalue weighted by molar-refractivity contribution is 0.530. The second-order valence-electron chi connectivity index (χ2n) is 19.9. The van der Waals surface area contributed by atoms with Crippen LogP contribution in [0.1, 0.15) is 81.3 Å². The summed E-state index contributed by atoms with van der Waals surface area (Å²) in [6, 6.07) is 60.2. The first kappa shape index (κ1) is 37.8. The van der Waals surface area contributed by atoms with E-state index in [1.54, 1.807) is 0 Å². The molecular formula is C61H52N2. The highest BCUT2D eigenvalue weighted by molar-refractivity contribution is 6.14. The molecule has 2 aliphatic carbocycles. The number of allylic oxidation sites excluding steroid dienone is 4. The van der Waals surface area contributed by atoms with Gasteiger partial charge in [-0.3, -0.25) is 0 Å². The third-order valence-electron chi connectivity index (χ3n) is 14.9. The van der Waals surface area contributed by atoms with Gasteiger partial charge >= 0.3 is 0 Å². The van der Waals surface area contributed by atoms with Crippen LogP contribution >= 0.6 is 0 Å². The van der Waals surface area contributed by atoms with Crippen LogP contribution < -0.4 is 4.90 Å². The van der Waals surface area contributed by atoms with Crippen molar-refractivity contribution in [3.8, 4) is 27.9 Å². The molecule has 306 valence electrons. The Morgan fingerprint density at radius 2 is 1.14 bits per heavy atom. The molecule has 1 aliphatic heterocycles. The molecule has 0 N–H and O–H groups in total. The number of hydrogen-bond donors (Lipinski definition) is 0. The molecule has 12 rings (SSSR count). The molecule has 0 amide bonds. The minimum atomic E-state index is -0.201. The first-order valence-corrected chi connectivity index (χ1v) is 22.7. The average molecular weight is 813 g/mol. The monoisotopic (exact) mass is 812 g/mol. The minimum Gasteiger partial charge on any atom is -0.310 e. The Kier molecular flexibility index (Phi) is 8.14. The maximum absolute atomic E-state index is 2.55. The zero-order valence-electron chi connectivity index (χ0n) is 37.1. The fraction of sp³-hybridized carbons (Fsp3) is 0.180. The molecule has 9 aromatic rings. The highest BCUT2D eigenvalue weighted by Gasteiger charge is 2.38. The van der Waals surface area contributed by atoms with Crippen molar-refractivity contribution < 1.29 is 0 Å². The smallest absolute Gasteiger partial charge is 0.0582 e. The molecule has 2 heteroatoms. The van der Waals surface area contributed by atoms with Crippen LogP contribution in [0.5, 0.6) is 0 Å². The van der Waals surface area contributed by atoms with E-state index in [4.69, 9.17) is 0 Å². The van der Waals surface area contributed by atoms with E-state index in [1.165, 1.54) is 105 Å². The lowest BCUT2D eigenvalue weighted by Gasteiger charge is -2.35. The van der Waals surface area contributed by atoms with E-state index in [1.807, 2.05) is 0 Å². The summed E-state index contributed by atoms with van der Waals surface area (Å²) in [5.74, 6) is 0. The molecule has 0 saturated heterocycles. The van der Waals surface area contributed by atoms with Crippen molar-refractivity contribution in [3.05, 3.63) is 215 Å². The van der Waals surface area contributed by atoms with Crippen molar-refractivity contribution >= 4 is 49.6 Å². The molecule has 0 radical (unpaired) electrons. The van der Waals surface area contributed by atoms with Crippen molar-refractivity contribution in [2.75, 3.05) is 4.90 Å². The highest BCUT2D eigenvalue weighted by atomic mass is 15.1. The third-order valence-corrected chi connectivity index (χ3v) is 14.9. The van der Waals surface area contributed by atoms with Crippen molar-refractivity contribution in [3.63, 3.8) is 0 Å². The maximum Gasteiger partial charge on any atom is 0.0582 e. The number of nitrogens with zero attached hydrogens (tertiary/aromatic N) is 2. The van der Waals surface area contributed by atoms with Crippen LogP contribution in [0.25, 0.3) is 60.5 Å². The van der Waals surface area contributed by atoms with Gasteiger partial charge in [-0.2, -0.15) is 0 Å². The molecule has 0 fully saturated rings. The first-order valence-electron chi connectivity index (χ1n) is 22.7. The van der Waals surface area contributed by atoms with Crippen LogP contribution in [0.2, 0.25) is 0 Å². The summed E-state index contributed by atoms with van der Waals surface area (Å²) in [6.45, 7) is 14.3. The molecule has 0 atom stereocenters. The summed E-state index contributed by atoms with van der Waals surface area (Å²) >= 11 is 0. The minimum absolute atomic E-state index is 0.0160. The van der Waals surface area contributed by atoms with Gasteiger partial charge in [-0.15, -0.1) is 0 Å². The Hall–Kier alpha value is -6.90. The van der Waals surface area contributed by atoms with Crippen LogP contribution in [0.15, 0.2) is 182 Å². The van der Waals surface area contributed by atoms with E-state index >= 15 is 0 Å². The van der Waals surface area contributed by atoms with E-state index in [2.05, 4.69) is 233 Å². The zero-order chi connectivity index (χ0) is 42.8. The largest absolute Gasteiger partial charge is 0.310 e. The summed E-state index contributed by atoms with van der Waals surface area (Å²) in [6.07, 6.45) is 10.9. The summed E-state index contributed by atoms with van der Waals surface area (Å²) in [7, 11) is 0. The van der Waals surface area contributed by atoms with Crippen LogP contribution in [0, 0.1) is 0 Å². The predicted octanol–water partition coefficient (Wildman–Crippen LogP) is 16.4. The van der Waals surface area contributed by atoms with Gasteiger partial charge < -0.3 is 9.47 Å². The van der Waals surface area contributed by atoms with E-state index < -0.39 is 0 Å². The van der Waals surface area contributed by atoms with Crippen molar-refractivity contribution in [1.29, 1.82) is 0 Å². The van der Waals surface area contributed by atoms with Crippen LogP contribution in [0.3, 0.4) is 0 Å². The Balaban J connectivity index is 1.12. The molecular weight excluding hydrogens is 761 g/mol. The standard InChI is InChI=1S/C61H52N2/c1-59(2)32-16-8-7-9-19-42-34-44(27-30-51(42)59)62(46-26-29-48-47-20-12-13-21-52(47)60(3,4)54(48)38-46)45-28-31-56-49(37-45)50-35-43(41-25-24-39-17-10-11-18-40(39)33-41)36-55-58(50)63(56)57-23-15-14-22-53(57)61(55,5)6/h7-18,20-31,33-38H,19,32H2,1-6H3/b9-7-,16-8-. The zero-order valence-corrected chi connectivity index (χ0v) is 37.1. The van der Waals surface area contributed by atoms with Gasteiger partial charge in [0.1, 0.15) is 0 Å². The Bertz CT molecular complexity index is 3440. The number of anilines is 3. The number of aromatic nitrogens is 1. The topological polar surface area (TPSA) is 8.17 Å². The average Bonchev–Trinajstić information content (AvgIpc) is 3.76. The fourth-order valence-electron chi connectivity index (χ4n) is 11.5. The van der Waals surface area contributed by atoms with Gasteiger partial charge in [-0.25, -0.2) is 0 Å². The molecule has 0 unspecified atom stereocenters. The highest BCUT2D eigenvalue weighted by Crippen LogP contribution is 2.53. The van der Waals surface area contributed by atoms with Gasteiger partial charge in [0.2, 0.25) is 0 Å². The fourth-order valence-corrected chi connectivity index (χ4v) is 11.5. The molecule has 0 bridgehead atoms. The Morgan fingerprint density at radius 1 is 0.460 bits per heavy atom. The summed E-state index contributed by atoms with van der Waals surface area (Å²) in [4.78, 5) is 2.52. The first-order chi connectivity index (χ1) is 30.5. The third kappa shape index (κ3) is 5.63. The molecule has 3 aliphatic rings. The number of hydrogen-bond acceptors (Lipinski definition) is 1. The second-order valence-corrected chi connectivity index (χ2v) is 19.9. The molecule has 1 aromatic heterocycles. The van der Waals surface area contributed by atoms with Crippen molar-refractivity contribution in [2.45, 2.75) is 70.6 Å². The number of rotatable bonds is 4. The molecule has 0 spiro atoms. The summed E-state index contributed by atoms with van der Waals surface area (Å²) in [5.41, 5.74) is 20.4. The second kappa shape index (κ2) is 13.5. The lowest BCUT2D eigenvalue weighted by Crippen LogP contribution is -2.26. The molecule has 63 heavy (non-hydrogen) atoms. The normalized spacial score (nSPS) is 17.2. The van der Waals surface area contributed by atoms with Gasteiger partial charge in [0.25, 0.3) is 0 Å². The number of fused-ring (bicyclic) bond motifs is 10. The SMILES string of the molecule is CC1(C)C/C=C\C=C/Cc2cc(N(c3ccc4c(c3)C(C)(C)c3ccccc3-4)c3ccc4c(c3)c3cc(-c5ccc6ccccc6c5)cc5c3n4-c3ccccc3C5(C)C)ccc21. The van der Waals surface area contributed by atoms with Crippen LogP contribution in [-0.2, 0) is 22.7 Å². The van der Waals surface area contributed by atoms with Gasteiger partial charge in [0.05, 0.1) is 16.7 Å². The summed E-state index contributed by atoms with van der Waals surface area (Å²) < 4.78 is 2.55. The molecule has 0 saturated carbocycles. The quantitative estimate of drug-likeness (QED) is 0.172. The van der Waals surface area contributed by atoms with Crippen LogP contribution in [-0.4, -0.2) is 4.57 Å². The Labute approximate surface area is 371 Å². The van der Waals surface area contributed by atoms with E-state index in [0.717, 1.165) is 18.5 Å². The predicted molar refractivity (Wildman–Crippen MR) is 268 cm³/mol. The number of para-hydroxylation sites is 1.